The molecule has 0 aromatic heterocycles. The third kappa shape index (κ3) is 3.48. The van der Waals surface area contributed by atoms with Gasteiger partial charge in [-0.15, -0.1) is 0 Å². The Hall–Kier alpha value is -1.17. The van der Waals surface area contributed by atoms with E-state index in [4.69, 9.17) is 0 Å². The van der Waals surface area contributed by atoms with Gasteiger partial charge in [-0.05, 0) is 23.8 Å². The smallest absolute Gasteiger partial charge is 0 e. The van der Waals surface area contributed by atoms with Crippen LogP contribution in [0.1, 0.15) is 0 Å². The molecule has 0 aliphatic heterocycles. The third-order valence-electron chi connectivity index (χ3n) is 3.04. The molecule has 0 N–H and O–H groups in total. The average molecular weight is 370 g/mol. The van der Waals surface area contributed by atoms with Crippen LogP contribution in [0.15, 0.2) is 91.0 Å². The number of hydrogen-bond acceptors (Lipinski definition) is 0. The molecule has 3 aromatic rings. The summed E-state index contributed by atoms with van der Waals surface area (Å²) in [5.41, 5.74) is 0. The van der Waals surface area contributed by atoms with Crippen molar-refractivity contribution in [1.82, 2.24) is 0 Å². The molecule has 0 spiro atoms. The molecule has 0 heterocycles. The van der Waals surface area contributed by atoms with Crippen molar-refractivity contribution in [3.63, 3.8) is 0 Å². The maximum Gasteiger partial charge on any atom is 0 e. The molecule has 0 aliphatic rings. The summed E-state index contributed by atoms with van der Waals surface area (Å²) in [6, 6.07) is 32.3. The van der Waals surface area contributed by atoms with E-state index < -0.39 is 7.92 Å². The summed E-state index contributed by atoms with van der Waals surface area (Å²) < 4.78 is 0. The Morgan fingerprint density at radius 1 is 0.400 bits per heavy atom. The molecule has 20 heavy (non-hydrogen) atoms. The second kappa shape index (κ2) is 7.57. The predicted molar refractivity (Wildman–Crippen MR) is 85.1 cm³/mol. The summed E-state index contributed by atoms with van der Waals surface area (Å²) >= 11 is 0. The quantitative estimate of drug-likeness (QED) is 0.490. The van der Waals surface area contributed by atoms with Crippen molar-refractivity contribution in [2.75, 3.05) is 0 Å². The number of rotatable bonds is 3. The zero-order valence-corrected chi connectivity index (χ0v) is 13.3. The first kappa shape index (κ1) is 15.2. The first-order valence-corrected chi connectivity index (χ1v) is 7.74. The summed E-state index contributed by atoms with van der Waals surface area (Å²) in [6.45, 7) is 0. The van der Waals surface area contributed by atoms with Crippen molar-refractivity contribution in [1.29, 1.82) is 0 Å². The van der Waals surface area contributed by atoms with Crippen molar-refractivity contribution >= 4 is 23.8 Å². The van der Waals surface area contributed by atoms with Gasteiger partial charge in [-0.1, -0.05) is 91.0 Å². The maximum atomic E-state index is 2.23. The molecule has 0 amide bonds. The van der Waals surface area contributed by atoms with Crippen LogP contribution in [-0.2, 0) is 22.4 Å². The van der Waals surface area contributed by atoms with Gasteiger partial charge in [-0.3, -0.25) is 0 Å². The van der Waals surface area contributed by atoms with Crippen molar-refractivity contribution < 1.29 is 22.4 Å². The molecular formula is C18H15AgP. The molecule has 0 nitrogen and oxygen atoms in total. The van der Waals surface area contributed by atoms with Crippen LogP contribution in [0.25, 0.3) is 0 Å². The molecule has 0 fully saturated rings. The summed E-state index contributed by atoms with van der Waals surface area (Å²) in [7, 11) is -0.446. The molecule has 103 valence electrons. The van der Waals surface area contributed by atoms with E-state index in [1.54, 1.807) is 0 Å². The summed E-state index contributed by atoms with van der Waals surface area (Å²) in [5, 5.41) is 4.19. The topological polar surface area (TPSA) is 0 Å². The van der Waals surface area contributed by atoms with Gasteiger partial charge in [0.1, 0.15) is 0 Å². The van der Waals surface area contributed by atoms with Gasteiger partial charge in [0.15, 0.2) is 0 Å². The van der Waals surface area contributed by atoms with Gasteiger partial charge in [-0.25, -0.2) is 0 Å². The largest absolute Gasteiger partial charge is 0.0622 e. The monoisotopic (exact) mass is 369 g/mol. The molecule has 0 saturated heterocycles. The Balaban J connectivity index is 0.00000147. The van der Waals surface area contributed by atoms with Crippen LogP contribution < -0.4 is 15.9 Å². The van der Waals surface area contributed by atoms with Crippen molar-refractivity contribution in [3.8, 4) is 0 Å². The molecule has 0 atom stereocenters. The molecular weight excluding hydrogens is 355 g/mol. The minimum Gasteiger partial charge on any atom is -0.0622 e. The maximum absolute atomic E-state index is 2.23. The molecule has 1 radical (unpaired) electrons. The minimum atomic E-state index is -0.446. The van der Waals surface area contributed by atoms with Gasteiger partial charge in [0.2, 0.25) is 0 Å². The van der Waals surface area contributed by atoms with Gasteiger partial charge in [-0.2, -0.15) is 0 Å². The van der Waals surface area contributed by atoms with Crippen LogP contribution in [0.4, 0.5) is 0 Å². The fraction of sp³-hybridized carbons (Fsp3) is 0. The van der Waals surface area contributed by atoms with E-state index in [2.05, 4.69) is 91.0 Å². The van der Waals surface area contributed by atoms with Crippen LogP contribution in [-0.4, -0.2) is 0 Å². The van der Waals surface area contributed by atoms with Crippen LogP contribution in [0.2, 0.25) is 0 Å². The SMILES string of the molecule is [Ag].c1ccc(P(c2ccccc2)c2ccccc2)cc1. The van der Waals surface area contributed by atoms with Crippen LogP contribution >= 0.6 is 7.92 Å². The second-order valence-electron chi connectivity index (χ2n) is 4.34. The van der Waals surface area contributed by atoms with Gasteiger partial charge in [0.05, 0.1) is 0 Å². The summed E-state index contributed by atoms with van der Waals surface area (Å²) in [4.78, 5) is 0. The van der Waals surface area contributed by atoms with Crippen LogP contribution in [0.5, 0.6) is 0 Å². The average Bonchev–Trinajstić information content (AvgIpc) is 2.51. The Kier molecular flexibility index (Phi) is 5.76. The molecule has 0 bridgehead atoms. The standard InChI is InChI=1S/C18H15P.Ag/c1-4-10-16(11-5-1)19(17-12-6-2-7-13-17)18-14-8-3-9-15-18;/h1-15H;. The Morgan fingerprint density at radius 3 is 0.900 bits per heavy atom. The first-order chi connectivity index (χ1) is 9.45. The van der Waals surface area contributed by atoms with Crippen molar-refractivity contribution in [3.05, 3.63) is 91.0 Å². The second-order valence-corrected chi connectivity index (χ2v) is 6.56. The molecule has 3 aromatic carbocycles. The normalized spacial score (nSPS) is 10.1. The van der Waals surface area contributed by atoms with Gasteiger partial charge < -0.3 is 0 Å². The third-order valence-corrected chi connectivity index (χ3v) is 5.49. The van der Waals surface area contributed by atoms with Gasteiger partial charge in [0, 0.05) is 22.4 Å². The van der Waals surface area contributed by atoms with E-state index in [0.29, 0.717) is 0 Å². The zero-order valence-electron chi connectivity index (χ0n) is 10.9. The van der Waals surface area contributed by atoms with Crippen molar-refractivity contribution in [2.24, 2.45) is 0 Å². The van der Waals surface area contributed by atoms with E-state index in [0.717, 1.165) is 0 Å². The van der Waals surface area contributed by atoms with Crippen molar-refractivity contribution in [2.45, 2.75) is 0 Å². The summed E-state index contributed by atoms with van der Waals surface area (Å²) in [5.74, 6) is 0. The predicted octanol–water partition coefficient (Wildman–Crippen LogP) is 3.44. The van der Waals surface area contributed by atoms with E-state index in [9.17, 15) is 0 Å². The summed E-state index contributed by atoms with van der Waals surface area (Å²) in [6.07, 6.45) is 0. The first-order valence-electron chi connectivity index (χ1n) is 6.40. The molecule has 0 aliphatic carbocycles. The van der Waals surface area contributed by atoms with E-state index in [1.807, 2.05) is 0 Å². The van der Waals surface area contributed by atoms with Crippen LogP contribution in [0, 0.1) is 0 Å². The minimum absolute atomic E-state index is 0. The fourth-order valence-corrected chi connectivity index (χ4v) is 4.48. The molecule has 2 heteroatoms. The van der Waals surface area contributed by atoms with E-state index in [1.165, 1.54) is 15.9 Å². The Morgan fingerprint density at radius 2 is 0.650 bits per heavy atom. The molecule has 3 rings (SSSR count). The van der Waals surface area contributed by atoms with Gasteiger partial charge in [0.25, 0.3) is 0 Å². The number of benzene rings is 3. The zero-order chi connectivity index (χ0) is 12.9. The Labute approximate surface area is 137 Å². The van der Waals surface area contributed by atoms with Crippen LogP contribution in [0.3, 0.4) is 0 Å². The van der Waals surface area contributed by atoms with E-state index >= 15 is 0 Å². The van der Waals surface area contributed by atoms with E-state index in [-0.39, 0.29) is 22.4 Å². The van der Waals surface area contributed by atoms with Gasteiger partial charge >= 0.3 is 0 Å². The molecule has 0 saturated carbocycles. The number of hydrogen-bond donors (Lipinski definition) is 0. The Bertz CT molecular complexity index is 529. The molecule has 0 unspecified atom stereocenters. The fourth-order valence-electron chi connectivity index (χ4n) is 2.18.